The third kappa shape index (κ3) is 4.29. The van der Waals surface area contributed by atoms with Gasteiger partial charge < -0.3 is 9.64 Å². The second-order valence-corrected chi connectivity index (χ2v) is 4.82. The number of benzene rings is 1. The molecule has 126 valence electrons. The molecule has 0 aliphatic rings. The molecule has 1 aromatic carbocycles. The van der Waals surface area contributed by atoms with Gasteiger partial charge in [0.25, 0.3) is 5.91 Å². The van der Waals surface area contributed by atoms with E-state index in [4.69, 9.17) is 4.74 Å². The summed E-state index contributed by atoms with van der Waals surface area (Å²) in [5.74, 6) is 0.0211. The van der Waals surface area contributed by atoms with Gasteiger partial charge in [0.1, 0.15) is 12.1 Å². The molecule has 1 aromatic heterocycles. The van der Waals surface area contributed by atoms with Gasteiger partial charge >= 0.3 is 5.69 Å². The van der Waals surface area contributed by atoms with Crippen molar-refractivity contribution in [1.82, 2.24) is 15.4 Å². The van der Waals surface area contributed by atoms with Gasteiger partial charge in [0, 0.05) is 14.1 Å². The standard InChI is InChI=1S/C14H16N6O4/c1-19(2)14-12(20(22)23)13(15-9-16-14)18-17-11(21)8-24-10-6-4-3-5-7-10/h3-7,9H,8H2,1-2H3,(H,17,21)(H,15,16,18). The predicted octanol–water partition coefficient (Wildman–Crippen LogP) is 0.973. The summed E-state index contributed by atoms with van der Waals surface area (Å²) < 4.78 is 5.27. The molecule has 0 fully saturated rings. The average molecular weight is 332 g/mol. The molecule has 0 aliphatic carbocycles. The fourth-order valence-electron chi connectivity index (χ4n) is 1.79. The number of nitro groups is 1. The number of hydrogen-bond acceptors (Lipinski definition) is 8. The fourth-order valence-corrected chi connectivity index (χ4v) is 1.79. The van der Waals surface area contributed by atoms with E-state index in [1.807, 2.05) is 6.07 Å². The minimum atomic E-state index is -0.621. The lowest BCUT2D eigenvalue weighted by atomic mass is 10.3. The zero-order valence-corrected chi connectivity index (χ0v) is 13.1. The van der Waals surface area contributed by atoms with Gasteiger partial charge in [-0.1, -0.05) is 18.2 Å². The van der Waals surface area contributed by atoms with Gasteiger partial charge in [-0.3, -0.25) is 25.8 Å². The molecule has 0 radical (unpaired) electrons. The molecule has 0 spiro atoms. The Morgan fingerprint density at radius 1 is 1.29 bits per heavy atom. The van der Waals surface area contributed by atoms with E-state index in [0.29, 0.717) is 5.75 Å². The highest BCUT2D eigenvalue weighted by atomic mass is 16.6. The molecule has 0 unspecified atom stereocenters. The number of para-hydroxylation sites is 1. The normalized spacial score (nSPS) is 9.92. The van der Waals surface area contributed by atoms with Crippen LogP contribution in [0.3, 0.4) is 0 Å². The first-order valence-electron chi connectivity index (χ1n) is 6.88. The van der Waals surface area contributed by atoms with Crippen LogP contribution in [0, 0.1) is 10.1 Å². The minimum absolute atomic E-state index is 0.118. The third-order valence-corrected chi connectivity index (χ3v) is 2.84. The van der Waals surface area contributed by atoms with E-state index >= 15 is 0 Å². The van der Waals surface area contributed by atoms with E-state index in [1.54, 1.807) is 38.4 Å². The van der Waals surface area contributed by atoms with E-state index in [0.717, 1.165) is 6.33 Å². The summed E-state index contributed by atoms with van der Waals surface area (Å²) in [6, 6.07) is 8.79. The first-order valence-corrected chi connectivity index (χ1v) is 6.88. The Morgan fingerprint density at radius 3 is 2.62 bits per heavy atom. The number of amides is 1. The highest BCUT2D eigenvalue weighted by Crippen LogP contribution is 2.29. The minimum Gasteiger partial charge on any atom is -0.484 e. The van der Waals surface area contributed by atoms with E-state index < -0.39 is 10.8 Å². The smallest absolute Gasteiger partial charge is 0.355 e. The Labute approximate surface area is 137 Å². The van der Waals surface area contributed by atoms with Crippen LogP contribution in [0.4, 0.5) is 17.3 Å². The molecule has 2 aromatic rings. The molecule has 24 heavy (non-hydrogen) atoms. The number of rotatable bonds is 7. The van der Waals surface area contributed by atoms with E-state index in [9.17, 15) is 14.9 Å². The molecule has 10 heteroatoms. The average Bonchev–Trinajstić information content (AvgIpc) is 2.58. The zero-order chi connectivity index (χ0) is 17.5. The van der Waals surface area contributed by atoms with Crippen LogP contribution in [0.2, 0.25) is 0 Å². The first kappa shape index (κ1) is 16.9. The molecule has 2 rings (SSSR count). The van der Waals surface area contributed by atoms with E-state index in [-0.39, 0.29) is 23.9 Å². The highest BCUT2D eigenvalue weighted by Gasteiger charge is 2.24. The molecule has 0 aliphatic heterocycles. The van der Waals surface area contributed by atoms with Crippen molar-refractivity contribution in [3.05, 3.63) is 46.8 Å². The lowest BCUT2D eigenvalue weighted by Crippen LogP contribution is -2.34. The van der Waals surface area contributed by atoms with Gasteiger partial charge in [-0.05, 0) is 12.1 Å². The quantitative estimate of drug-likeness (QED) is 0.568. The van der Waals surface area contributed by atoms with Gasteiger partial charge in [0.2, 0.25) is 11.6 Å². The molecule has 0 saturated heterocycles. The second-order valence-electron chi connectivity index (χ2n) is 4.82. The van der Waals surface area contributed by atoms with Crippen molar-refractivity contribution in [2.45, 2.75) is 0 Å². The first-order chi connectivity index (χ1) is 11.5. The Kier molecular flexibility index (Phi) is 5.45. The number of anilines is 2. The van der Waals surface area contributed by atoms with E-state index in [2.05, 4.69) is 20.8 Å². The molecular weight excluding hydrogens is 316 g/mol. The lowest BCUT2D eigenvalue weighted by molar-refractivity contribution is -0.383. The van der Waals surface area contributed by atoms with Gasteiger partial charge in [0.05, 0.1) is 4.92 Å². The van der Waals surface area contributed by atoms with Crippen LogP contribution < -0.4 is 20.5 Å². The van der Waals surface area contributed by atoms with Crippen LogP contribution in [0.1, 0.15) is 0 Å². The SMILES string of the molecule is CN(C)c1ncnc(NNC(=O)COc2ccccc2)c1[N+](=O)[O-]. The fraction of sp³-hybridized carbons (Fsp3) is 0.214. The van der Waals surface area contributed by atoms with Crippen molar-refractivity contribution in [3.8, 4) is 5.75 Å². The molecule has 0 saturated carbocycles. The summed E-state index contributed by atoms with van der Waals surface area (Å²) in [4.78, 5) is 31.5. The molecule has 2 N–H and O–H groups in total. The summed E-state index contributed by atoms with van der Waals surface area (Å²) in [6.07, 6.45) is 1.16. The molecule has 10 nitrogen and oxygen atoms in total. The maximum atomic E-state index is 11.8. The Morgan fingerprint density at radius 2 is 2.00 bits per heavy atom. The largest absolute Gasteiger partial charge is 0.484 e. The van der Waals surface area contributed by atoms with Crippen LogP contribution in [0.5, 0.6) is 5.75 Å². The molecule has 1 heterocycles. The molecule has 1 amide bonds. The van der Waals surface area contributed by atoms with Crippen molar-refractivity contribution in [3.63, 3.8) is 0 Å². The van der Waals surface area contributed by atoms with Crippen molar-refractivity contribution < 1.29 is 14.5 Å². The summed E-state index contributed by atoms with van der Waals surface area (Å²) >= 11 is 0. The maximum Gasteiger partial charge on any atom is 0.355 e. The lowest BCUT2D eigenvalue weighted by Gasteiger charge is -2.14. The topological polar surface area (TPSA) is 123 Å². The summed E-state index contributed by atoms with van der Waals surface area (Å²) in [6.45, 7) is -0.254. The van der Waals surface area contributed by atoms with Crippen LogP contribution in [0.15, 0.2) is 36.7 Å². The third-order valence-electron chi connectivity index (χ3n) is 2.84. The van der Waals surface area contributed by atoms with Gasteiger partial charge in [-0.25, -0.2) is 9.97 Å². The summed E-state index contributed by atoms with van der Waals surface area (Å²) in [5.41, 5.74) is 4.39. The number of carbonyl (C=O) groups excluding carboxylic acids is 1. The predicted molar refractivity (Wildman–Crippen MR) is 86.7 cm³/mol. The van der Waals surface area contributed by atoms with Crippen molar-refractivity contribution in [2.75, 3.05) is 31.0 Å². The molecule has 0 atom stereocenters. The number of nitrogens with zero attached hydrogens (tertiary/aromatic N) is 4. The Balaban J connectivity index is 2.00. The summed E-state index contributed by atoms with van der Waals surface area (Å²) in [7, 11) is 3.23. The van der Waals surface area contributed by atoms with Gasteiger partial charge in [0.15, 0.2) is 6.61 Å². The van der Waals surface area contributed by atoms with Crippen molar-refractivity contribution >= 4 is 23.2 Å². The van der Waals surface area contributed by atoms with Gasteiger partial charge in [-0.15, -0.1) is 0 Å². The van der Waals surface area contributed by atoms with Crippen molar-refractivity contribution in [2.24, 2.45) is 0 Å². The monoisotopic (exact) mass is 332 g/mol. The van der Waals surface area contributed by atoms with Crippen molar-refractivity contribution in [1.29, 1.82) is 0 Å². The zero-order valence-electron chi connectivity index (χ0n) is 13.1. The van der Waals surface area contributed by atoms with Crippen LogP contribution in [0.25, 0.3) is 0 Å². The molecular formula is C14H16N6O4. The number of ether oxygens (including phenoxy) is 1. The van der Waals surface area contributed by atoms with Crippen LogP contribution in [-0.4, -0.2) is 41.5 Å². The number of hydrazine groups is 1. The molecule has 0 bridgehead atoms. The summed E-state index contributed by atoms with van der Waals surface area (Å²) in [5, 5.41) is 11.2. The number of carbonyl (C=O) groups is 1. The number of hydrogen-bond donors (Lipinski definition) is 2. The Bertz CT molecular complexity index is 722. The van der Waals surface area contributed by atoms with Crippen LogP contribution in [-0.2, 0) is 4.79 Å². The number of aromatic nitrogens is 2. The Hall–Kier alpha value is -3.43. The van der Waals surface area contributed by atoms with E-state index in [1.165, 1.54) is 4.90 Å². The highest BCUT2D eigenvalue weighted by molar-refractivity contribution is 5.80. The number of nitrogens with one attached hydrogen (secondary N) is 2. The second kappa shape index (κ2) is 7.72. The van der Waals surface area contributed by atoms with Crippen LogP contribution >= 0.6 is 0 Å². The van der Waals surface area contributed by atoms with Gasteiger partial charge in [-0.2, -0.15) is 0 Å². The maximum absolute atomic E-state index is 11.8.